The summed E-state index contributed by atoms with van der Waals surface area (Å²) in [6.07, 6.45) is 0. The van der Waals surface area contributed by atoms with E-state index in [-0.39, 0.29) is 6.04 Å². The number of rotatable bonds is 6. The average molecular weight is 352 g/mol. The van der Waals surface area contributed by atoms with Crippen molar-refractivity contribution in [1.29, 1.82) is 0 Å². The standard InChI is InChI=1S/C17H18F2N2S2/c1-12(13-7-8-15(18)16(19)11-13)21-17(22)20-9-10-23-14-5-3-2-4-6-14/h2-8,11-12H,9-10H2,1H3,(H2,20,21,22)/t12-/m1/s1. The zero-order valence-corrected chi connectivity index (χ0v) is 14.3. The monoisotopic (exact) mass is 352 g/mol. The third-order valence-electron chi connectivity index (χ3n) is 3.19. The Kier molecular flexibility index (Phi) is 6.80. The number of thioether (sulfide) groups is 1. The van der Waals surface area contributed by atoms with Crippen molar-refractivity contribution < 1.29 is 8.78 Å². The maximum Gasteiger partial charge on any atom is 0.166 e. The molecule has 6 heteroatoms. The minimum atomic E-state index is -0.853. The van der Waals surface area contributed by atoms with Crippen LogP contribution in [0, 0.1) is 11.6 Å². The molecule has 0 saturated carbocycles. The molecular weight excluding hydrogens is 334 g/mol. The smallest absolute Gasteiger partial charge is 0.166 e. The van der Waals surface area contributed by atoms with Gasteiger partial charge in [-0.2, -0.15) is 0 Å². The van der Waals surface area contributed by atoms with E-state index in [1.807, 2.05) is 25.1 Å². The SMILES string of the molecule is C[C@@H](NC(=S)NCCSc1ccccc1)c1ccc(F)c(F)c1. The highest BCUT2D eigenvalue weighted by Crippen LogP contribution is 2.17. The van der Waals surface area contributed by atoms with E-state index in [9.17, 15) is 8.78 Å². The van der Waals surface area contributed by atoms with Crippen molar-refractivity contribution in [1.82, 2.24) is 10.6 Å². The Morgan fingerprint density at radius 1 is 1.13 bits per heavy atom. The zero-order valence-electron chi connectivity index (χ0n) is 12.7. The highest BCUT2D eigenvalue weighted by molar-refractivity contribution is 7.99. The van der Waals surface area contributed by atoms with Crippen LogP contribution in [-0.4, -0.2) is 17.4 Å². The molecule has 0 spiro atoms. The second-order valence-electron chi connectivity index (χ2n) is 4.96. The van der Waals surface area contributed by atoms with Gasteiger partial charge in [-0.3, -0.25) is 0 Å². The fourth-order valence-electron chi connectivity index (χ4n) is 1.96. The van der Waals surface area contributed by atoms with E-state index >= 15 is 0 Å². The maximum absolute atomic E-state index is 13.2. The van der Waals surface area contributed by atoms with Gasteiger partial charge in [-0.15, -0.1) is 11.8 Å². The first kappa shape index (κ1) is 17.7. The summed E-state index contributed by atoms with van der Waals surface area (Å²) >= 11 is 6.96. The molecule has 2 nitrogen and oxygen atoms in total. The zero-order chi connectivity index (χ0) is 16.7. The molecule has 2 N–H and O–H groups in total. The van der Waals surface area contributed by atoms with Gasteiger partial charge in [0.25, 0.3) is 0 Å². The minimum Gasteiger partial charge on any atom is -0.362 e. The molecule has 2 aromatic rings. The van der Waals surface area contributed by atoms with Crippen molar-refractivity contribution in [2.75, 3.05) is 12.3 Å². The fourth-order valence-corrected chi connectivity index (χ4v) is 3.03. The van der Waals surface area contributed by atoms with Crippen LogP contribution in [0.15, 0.2) is 53.4 Å². The van der Waals surface area contributed by atoms with Gasteiger partial charge in [0.2, 0.25) is 0 Å². The van der Waals surface area contributed by atoms with E-state index in [1.165, 1.54) is 11.0 Å². The van der Waals surface area contributed by atoms with E-state index in [2.05, 4.69) is 22.8 Å². The average Bonchev–Trinajstić information content (AvgIpc) is 2.55. The van der Waals surface area contributed by atoms with Crippen LogP contribution in [0.3, 0.4) is 0 Å². The van der Waals surface area contributed by atoms with E-state index in [0.717, 1.165) is 18.4 Å². The Bertz CT molecular complexity index is 650. The van der Waals surface area contributed by atoms with Crippen molar-refractivity contribution in [3.8, 4) is 0 Å². The van der Waals surface area contributed by atoms with Crippen molar-refractivity contribution in [3.63, 3.8) is 0 Å². The van der Waals surface area contributed by atoms with Gasteiger partial charge in [0, 0.05) is 17.2 Å². The molecule has 0 heterocycles. The summed E-state index contributed by atoms with van der Waals surface area (Å²) in [5.41, 5.74) is 0.645. The Labute approximate surface area is 144 Å². The van der Waals surface area contributed by atoms with Crippen molar-refractivity contribution in [2.24, 2.45) is 0 Å². The minimum absolute atomic E-state index is 0.202. The summed E-state index contributed by atoms with van der Waals surface area (Å²) < 4.78 is 26.2. The normalized spacial score (nSPS) is 11.8. The Morgan fingerprint density at radius 2 is 1.87 bits per heavy atom. The molecule has 0 bridgehead atoms. The number of hydrogen-bond acceptors (Lipinski definition) is 2. The van der Waals surface area contributed by atoms with E-state index < -0.39 is 11.6 Å². The van der Waals surface area contributed by atoms with E-state index in [1.54, 1.807) is 17.8 Å². The fraction of sp³-hybridized carbons (Fsp3) is 0.235. The van der Waals surface area contributed by atoms with Gasteiger partial charge in [-0.05, 0) is 49.0 Å². The molecular formula is C17H18F2N2S2. The summed E-state index contributed by atoms with van der Waals surface area (Å²) in [5, 5.41) is 6.67. The Balaban J connectivity index is 1.72. The molecule has 122 valence electrons. The summed E-state index contributed by atoms with van der Waals surface area (Å²) in [7, 11) is 0. The van der Waals surface area contributed by atoms with Crippen LogP contribution in [0.4, 0.5) is 8.78 Å². The summed E-state index contributed by atoms with van der Waals surface area (Å²) in [5.74, 6) is -0.820. The molecule has 2 rings (SSSR count). The molecule has 0 aliphatic heterocycles. The second-order valence-corrected chi connectivity index (χ2v) is 6.53. The second kappa shape index (κ2) is 8.84. The van der Waals surface area contributed by atoms with E-state index in [0.29, 0.717) is 10.7 Å². The molecule has 0 aromatic heterocycles. The van der Waals surface area contributed by atoms with Gasteiger partial charge in [0.05, 0.1) is 6.04 Å². The lowest BCUT2D eigenvalue weighted by Gasteiger charge is -2.17. The summed E-state index contributed by atoms with van der Waals surface area (Å²) in [6.45, 7) is 2.56. The molecule has 0 saturated heterocycles. The molecule has 0 radical (unpaired) electrons. The van der Waals surface area contributed by atoms with Crippen molar-refractivity contribution >= 4 is 29.1 Å². The molecule has 0 fully saturated rings. The lowest BCUT2D eigenvalue weighted by Crippen LogP contribution is -2.37. The molecule has 0 unspecified atom stereocenters. The van der Waals surface area contributed by atoms with Crippen LogP contribution in [0.5, 0.6) is 0 Å². The van der Waals surface area contributed by atoms with Crippen LogP contribution >= 0.6 is 24.0 Å². The Morgan fingerprint density at radius 3 is 2.57 bits per heavy atom. The lowest BCUT2D eigenvalue weighted by atomic mass is 10.1. The summed E-state index contributed by atoms with van der Waals surface area (Å²) in [4.78, 5) is 1.21. The van der Waals surface area contributed by atoms with Crippen LogP contribution in [-0.2, 0) is 0 Å². The molecule has 0 aliphatic rings. The first-order valence-corrected chi connectivity index (χ1v) is 8.63. The molecule has 23 heavy (non-hydrogen) atoms. The third-order valence-corrected chi connectivity index (χ3v) is 4.47. The van der Waals surface area contributed by atoms with Crippen LogP contribution in [0.25, 0.3) is 0 Å². The molecule has 0 amide bonds. The highest BCUT2D eigenvalue weighted by atomic mass is 32.2. The van der Waals surface area contributed by atoms with Crippen molar-refractivity contribution in [3.05, 3.63) is 65.7 Å². The topological polar surface area (TPSA) is 24.1 Å². The third kappa shape index (κ3) is 5.80. The number of halogens is 2. The van der Waals surface area contributed by atoms with Crippen LogP contribution in [0.1, 0.15) is 18.5 Å². The predicted molar refractivity (Wildman–Crippen MR) is 95.7 cm³/mol. The van der Waals surface area contributed by atoms with Crippen LogP contribution in [0.2, 0.25) is 0 Å². The number of hydrogen-bond donors (Lipinski definition) is 2. The quantitative estimate of drug-likeness (QED) is 0.460. The van der Waals surface area contributed by atoms with Gasteiger partial charge in [-0.1, -0.05) is 24.3 Å². The molecule has 2 aromatic carbocycles. The van der Waals surface area contributed by atoms with Gasteiger partial charge < -0.3 is 10.6 Å². The van der Waals surface area contributed by atoms with Gasteiger partial charge in [0.1, 0.15) is 0 Å². The number of thiocarbonyl (C=S) groups is 1. The lowest BCUT2D eigenvalue weighted by molar-refractivity contribution is 0.505. The van der Waals surface area contributed by atoms with Gasteiger partial charge in [-0.25, -0.2) is 8.78 Å². The number of nitrogens with one attached hydrogen (secondary N) is 2. The molecule has 0 aliphatic carbocycles. The first-order valence-electron chi connectivity index (χ1n) is 7.23. The number of benzene rings is 2. The van der Waals surface area contributed by atoms with Crippen LogP contribution < -0.4 is 10.6 Å². The maximum atomic E-state index is 13.2. The summed E-state index contributed by atoms with van der Waals surface area (Å²) in [6, 6.07) is 13.8. The Hall–Kier alpha value is -1.66. The predicted octanol–water partition coefficient (Wildman–Crippen LogP) is 4.28. The van der Waals surface area contributed by atoms with E-state index in [4.69, 9.17) is 12.2 Å². The van der Waals surface area contributed by atoms with Crippen molar-refractivity contribution in [2.45, 2.75) is 17.9 Å². The largest absolute Gasteiger partial charge is 0.362 e. The molecule has 1 atom stereocenters. The van der Waals surface area contributed by atoms with Gasteiger partial charge in [0.15, 0.2) is 16.7 Å². The highest BCUT2D eigenvalue weighted by Gasteiger charge is 2.10. The first-order chi connectivity index (χ1) is 11.1. The van der Waals surface area contributed by atoms with Gasteiger partial charge >= 0.3 is 0 Å².